The highest BCUT2D eigenvalue weighted by atomic mass is 19.4. The minimum Gasteiger partial charge on any atom is -0.390 e. The maximum absolute atomic E-state index is 12.3. The third-order valence-electron chi connectivity index (χ3n) is 2.94. The molecule has 0 aliphatic heterocycles. The molecule has 1 aliphatic rings. The minimum absolute atomic E-state index is 0.118. The standard InChI is InChI=1S/C9H15F3O/c1-2-8(13)5-3-4-7(6-8)9(10,11)12/h7,13H,2-6H2,1H3/t7?,8-/m0/s1. The maximum Gasteiger partial charge on any atom is 0.391 e. The highest BCUT2D eigenvalue weighted by molar-refractivity contribution is 4.87. The number of alkyl halides is 3. The average molecular weight is 196 g/mol. The van der Waals surface area contributed by atoms with Gasteiger partial charge >= 0.3 is 6.18 Å². The van der Waals surface area contributed by atoms with Crippen molar-refractivity contribution < 1.29 is 18.3 Å². The first-order valence-electron chi connectivity index (χ1n) is 4.66. The van der Waals surface area contributed by atoms with E-state index in [2.05, 4.69) is 0 Å². The Bertz CT molecular complexity index is 178. The van der Waals surface area contributed by atoms with Crippen molar-refractivity contribution in [1.29, 1.82) is 0 Å². The normalized spacial score (nSPS) is 36.2. The molecule has 0 radical (unpaired) electrons. The molecule has 1 fully saturated rings. The highest BCUT2D eigenvalue weighted by Crippen LogP contribution is 2.42. The van der Waals surface area contributed by atoms with Crippen molar-refractivity contribution in [1.82, 2.24) is 0 Å². The summed E-state index contributed by atoms with van der Waals surface area (Å²) in [6.45, 7) is 1.73. The van der Waals surface area contributed by atoms with Crippen molar-refractivity contribution in [2.75, 3.05) is 0 Å². The van der Waals surface area contributed by atoms with Crippen molar-refractivity contribution in [3.63, 3.8) is 0 Å². The van der Waals surface area contributed by atoms with Crippen LogP contribution in [0.15, 0.2) is 0 Å². The van der Waals surface area contributed by atoms with Crippen LogP contribution in [0, 0.1) is 5.92 Å². The summed E-state index contributed by atoms with van der Waals surface area (Å²) < 4.78 is 36.9. The van der Waals surface area contributed by atoms with Crippen molar-refractivity contribution in [2.45, 2.75) is 50.8 Å². The first-order chi connectivity index (χ1) is 5.87. The number of rotatable bonds is 1. The van der Waals surface area contributed by atoms with Crippen LogP contribution in [0.1, 0.15) is 39.0 Å². The molecule has 1 nitrogen and oxygen atoms in total. The Hall–Kier alpha value is -0.250. The third-order valence-corrected chi connectivity index (χ3v) is 2.94. The lowest BCUT2D eigenvalue weighted by atomic mass is 9.76. The molecule has 0 aromatic rings. The smallest absolute Gasteiger partial charge is 0.390 e. The molecule has 0 amide bonds. The lowest BCUT2D eigenvalue weighted by Crippen LogP contribution is -2.39. The Balaban J connectivity index is 2.62. The van der Waals surface area contributed by atoms with E-state index < -0.39 is 17.7 Å². The van der Waals surface area contributed by atoms with Crippen LogP contribution in [0.2, 0.25) is 0 Å². The maximum atomic E-state index is 12.3. The van der Waals surface area contributed by atoms with Gasteiger partial charge in [0, 0.05) is 0 Å². The molecule has 13 heavy (non-hydrogen) atoms. The van der Waals surface area contributed by atoms with E-state index in [0.717, 1.165) is 0 Å². The van der Waals surface area contributed by atoms with Crippen molar-refractivity contribution >= 4 is 0 Å². The van der Waals surface area contributed by atoms with Gasteiger partial charge in [0.05, 0.1) is 11.5 Å². The second kappa shape index (κ2) is 3.48. The summed E-state index contributed by atoms with van der Waals surface area (Å²) in [5.74, 6) is -1.30. The van der Waals surface area contributed by atoms with Crippen LogP contribution < -0.4 is 0 Å². The Morgan fingerprint density at radius 3 is 2.54 bits per heavy atom. The predicted molar refractivity (Wildman–Crippen MR) is 43.3 cm³/mol. The molecule has 78 valence electrons. The van der Waals surface area contributed by atoms with Gasteiger partial charge < -0.3 is 5.11 Å². The van der Waals surface area contributed by atoms with E-state index in [0.29, 0.717) is 19.3 Å². The van der Waals surface area contributed by atoms with E-state index in [-0.39, 0.29) is 12.8 Å². The van der Waals surface area contributed by atoms with Crippen molar-refractivity contribution in [3.05, 3.63) is 0 Å². The molecule has 4 heteroatoms. The zero-order chi connectivity index (χ0) is 10.1. The molecule has 0 bridgehead atoms. The van der Waals surface area contributed by atoms with Crippen LogP contribution in [-0.2, 0) is 0 Å². The predicted octanol–water partition coefficient (Wildman–Crippen LogP) is 2.88. The number of halogens is 3. The SMILES string of the molecule is CC[C@]1(O)CCCC(C(F)(F)F)C1. The van der Waals surface area contributed by atoms with E-state index in [1.54, 1.807) is 6.92 Å². The molecule has 1 N–H and O–H groups in total. The Labute approximate surface area is 75.9 Å². The summed E-state index contributed by atoms with van der Waals surface area (Å²) in [6.07, 6.45) is -2.67. The molecule has 1 rings (SSSR count). The lowest BCUT2D eigenvalue weighted by molar-refractivity contribution is -0.200. The lowest BCUT2D eigenvalue weighted by Gasteiger charge is -2.36. The average Bonchev–Trinajstić information content (AvgIpc) is 2.03. The van der Waals surface area contributed by atoms with Gasteiger partial charge in [0.1, 0.15) is 0 Å². The second-order valence-corrected chi connectivity index (χ2v) is 3.91. The molecule has 0 heterocycles. The molecule has 0 aromatic carbocycles. The number of aliphatic hydroxyl groups is 1. The van der Waals surface area contributed by atoms with Crippen LogP contribution in [0.3, 0.4) is 0 Å². The quantitative estimate of drug-likeness (QED) is 0.683. The second-order valence-electron chi connectivity index (χ2n) is 3.91. The van der Waals surface area contributed by atoms with Gasteiger partial charge in [-0.2, -0.15) is 13.2 Å². The van der Waals surface area contributed by atoms with Crippen LogP contribution in [-0.4, -0.2) is 16.9 Å². The monoisotopic (exact) mass is 196 g/mol. The number of hydrogen-bond donors (Lipinski definition) is 1. The van der Waals surface area contributed by atoms with E-state index in [4.69, 9.17) is 0 Å². The Morgan fingerprint density at radius 2 is 2.08 bits per heavy atom. The zero-order valence-electron chi connectivity index (χ0n) is 7.69. The van der Waals surface area contributed by atoms with E-state index in [1.165, 1.54) is 0 Å². The third kappa shape index (κ3) is 2.59. The number of hydrogen-bond acceptors (Lipinski definition) is 1. The van der Waals surface area contributed by atoms with E-state index >= 15 is 0 Å². The van der Waals surface area contributed by atoms with Crippen LogP contribution in [0.4, 0.5) is 13.2 Å². The summed E-state index contributed by atoms with van der Waals surface area (Å²) in [6, 6.07) is 0. The van der Waals surface area contributed by atoms with Gasteiger partial charge in [0.15, 0.2) is 0 Å². The highest BCUT2D eigenvalue weighted by Gasteiger charge is 2.46. The summed E-state index contributed by atoms with van der Waals surface area (Å²) in [5, 5.41) is 9.71. The van der Waals surface area contributed by atoms with Gasteiger partial charge in [0.2, 0.25) is 0 Å². The van der Waals surface area contributed by atoms with Crippen molar-refractivity contribution in [3.8, 4) is 0 Å². The fourth-order valence-corrected chi connectivity index (χ4v) is 1.94. The van der Waals surface area contributed by atoms with E-state index in [1.807, 2.05) is 0 Å². The molecular formula is C9H15F3O. The van der Waals surface area contributed by atoms with Gasteiger partial charge in [-0.15, -0.1) is 0 Å². The molecule has 0 saturated heterocycles. The fourth-order valence-electron chi connectivity index (χ4n) is 1.94. The summed E-state index contributed by atoms with van der Waals surface area (Å²) >= 11 is 0. The van der Waals surface area contributed by atoms with Crippen LogP contribution in [0.5, 0.6) is 0 Å². The largest absolute Gasteiger partial charge is 0.391 e. The molecule has 2 atom stereocenters. The molecule has 0 aromatic heterocycles. The topological polar surface area (TPSA) is 20.2 Å². The minimum atomic E-state index is -4.14. The van der Waals surface area contributed by atoms with Gasteiger partial charge in [-0.1, -0.05) is 6.92 Å². The first-order valence-corrected chi connectivity index (χ1v) is 4.66. The van der Waals surface area contributed by atoms with Crippen LogP contribution in [0.25, 0.3) is 0 Å². The molecule has 1 unspecified atom stereocenters. The Morgan fingerprint density at radius 1 is 1.46 bits per heavy atom. The molecule has 1 aliphatic carbocycles. The van der Waals surface area contributed by atoms with Gasteiger partial charge in [-0.25, -0.2) is 0 Å². The van der Waals surface area contributed by atoms with Crippen molar-refractivity contribution in [2.24, 2.45) is 5.92 Å². The summed E-state index contributed by atoms with van der Waals surface area (Å²) in [7, 11) is 0. The van der Waals surface area contributed by atoms with Crippen LogP contribution >= 0.6 is 0 Å². The molecule has 1 saturated carbocycles. The molecule has 0 spiro atoms. The molecular weight excluding hydrogens is 181 g/mol. The van der Waals surface area contributed by atoms with Gasteiger partial charge in [0.25, 0.3) is 0 Å². The van der Waals surface area contributed by atoms with Gasteiger partial charge in [-0.3, -0.25) is 0 Å². The van der Waals surface area contributed by atoms with E-state index in [9.17, 15) is 18.3 Å². The fraction of sp³-hybridized carbons (Fsp3) is 1.00. The first kappa shape index (κ1) is 10.8. The zero-order valence-corrected chi connectivity index (χ0v) is 7.69. The van der Waals surface area contributed by atoms with Gasteiger partial charge in [-0.05, 0) is 32.1 Å². The Kier molecular flexibility index (Phi) is 2.90. The summed E-state index contributed by atoms with van der Waals surface area (Å²) in [5.41, 5.74) is -1.07. The summed E-state index contributed by atoms with van der Waals surface area (Å²) in [4.78, 5) is 0.